The van der Waals surface area contributed by atoms with Crippen LogP contribution in [0.25, 0.3) is 0 Å². The smallest absolute Gasteiger partial charge is 0.0371 e. The van der Waals surface area contributed by atoms with Gasteiger partial charge in [-0.3, -0.25) is 0 Å². The number of hydrogen-bond donors (Lipinski definition) is 1. The lowest BCUT2D eigenvalue weighted by molar-refractivity contribution is 0.357. The van der Waals surface area contributed by atoms with Crippen LogP contribution in [-0.4, -0.2) is 24.7 Å². The number of piperidine rings is 1. The third kappa shape index (κ3) is 2.71. The predicted octanol–water partition coefficient (Wildman–Crippen LogP) is 3.75. The summed E-state index contributed by atoms with van der Waals surface area (Å²) in [6.07, 6.45) is 7.79. The van der Waals surface area contributed by atoms with Crippen molar-refractivity contribution >= 4 is 5.69 Å². The average molecular weight is 272 g/mol. The molecule has 2 nitrogen and oxygen atoms in total. The lowest BCUT2D eigenvalue weighted by Gasteiger charge is -2.41. The van der Waals surface area contributed by atoms with E-state index in [1.807, 2.05) is 0 Å². The Morgan fingerprint density at radius 3 is 2.25 bits per heavy atom. The van der Waals surface area contributed by atoms with Gasteiger partial charge in [0.1, 0.15) is 0 Å². The molecule has 2 heterocycles. The first-order chi connectivity index (χ1) is 9.81. The standard InChI is InChI=1S/C18H28N2/c1-3-11-19-15-12-17-9-10-18(13-15)20(17)16-7-5-14(4-2)6-8-16/h5-8,15,17-19H,3-4,9-13H2,1-2H3. The summed E-state index contributed by atoms with van der Waals surface area (Å²) in [6, 6.07) is 11.5. The summed E-state index contributed by atoms with van der Waals surface area (Å²) in [7, 11) is 0. The first-order valence-corrected chi connectivity index (χ1v) is 8.42. The van der Waals surface area contributed by atoms with Crippen LogP contribution in [0.4, 0.5) is 5.69 Å². The van der Waals surface area contributed by atoms with Crippen molar-refractivity contribution in [3.8, 4) is 0 Å². The Bertz CT molecular complexity index is 412. The minimum Gasteiger partial charge on any atom is -0.365 e. The highest BCUT2D eigenvalue weighted by Crippen LogP contribution is 2.39. The van der Waals surface area contributed by atoms with Gasteiger partial charge in [-0.1, -0.05) is 26.0 Å². The third-order valence-corrected chi connectivity index (χ3v) is 5.06. The molecule has 2 fully saturated rings. The van der Waals surface area contributed by atoms with Crippen LogP contribution in [0.5, 0.6) is 0 Å². The molecule has 2 aliphatic rings. The second kappa shape index (κ2) is 6.17. The predicted molar refractivity (Wildman–Crippen MR) is 86.4 cm³/mol. The molecule has 110 valence electrons. The molecule has 0 amide bonds. The van der Waals surface area contributed by atoms with Crippen molar-refractivity contribution in [2.45, 2.75) is 70.5 Å². The molecule has 3 rings (SSSR count). The van der Waals surface area contributed by atoms with Gasteiger partial charge in [0, 0.05) is 23.8 Å². The third-order valence-electron chi connectivity index (χ3n) is 5.06. The number of nitrogens with zero attached hydrogens (tertiary/aromatic N) is 1. The number of rotatable bonds is 5. The summed E-state index contributed by atoms with van der Waals surface area (Å²) >= 11 is 0. The van der Waals surface area contributed by atoms with E-state index in [1.54, 1.807) is 0 Å². The Labute approximate surface area is 123 Å². The molecule has 1 N–H and O–H groups in total. The number of anilines is 1. The van der Waals surface area contributed by atoms with Crippen molar-refractivity contribution in [1.82, 2.24) is 5.32 Å². The highest BCUT2D eigenvalue weighted by Gasteiger charge is 2.40. The minimum atomic E-state index is 0.749. The van der Waals surface area contributed by atoms with Crippen LogP contribution in [0.15, 0.2) is 24.3 Å². The second-order valence-corrected chi connectivity index (χ2v) is 6.43. The van der Waals surface area contributed by atoms with E-state index in [2.05, 4.69) is 48.3 Å². The fourth-order valence-corrected chi connectivity index (χ4v) is 4.02. The van der Waals surface area contributed by atoms with Crippen LogP contribution >= 0.6 is 0 Å². The number of benzene rings is 1. The molecule has 20 heavy (non-hydrogen) atoms. The van der Waals surface area contributed by atoms with Gasteiger partial charge in [0.2, 0.25) is 0 Å². The van der Waals surface area contributed by atoms with Gasteiger partial charge >= 0.3 is 0 Å². The van der Waals surface area contributed by atoms with Crippen LogP contribution < -0.4 is 10.2 Å². The molecular formula is C18H28N2. The Hall–Kier alpha value is -1.02. The maximum absolute atomic E-state index is 3.74. The van der Waals surface area contributed by atoms with E-state index < -0.39 is 0 Å². The van der Waals surface area contributed by atoms with Gasteiger partial charge in [0.25, 0.3) is 0 Å². The van der Waals surface area contributed by atoms with Crippen LogP contribution in [0, 0.1) is 0 Å². The number of fused-ring (bicyclic) bond motifs is 2. The molecule has 0 aromatic heterocycles. The van der Waals surface area contributed by atoms with E-state index in [1.165, 1.54) is 49.9 Å². The highest BCUT2D eigenvalue weighted by molar-refractivity contribution is 5.51. The number of hydrogen-bond acceptors (Lipinski definition) is 2. The molecule has 0 saturated carbocycles. The SMILES string of the molecule is CCCNC1CC2CCC(C1)N2c1ccc(CC)cc1. The van der Waals surface area contributed by atoms with Gasteiger partial charge in [-0.2, -0.15) is 0 Å². The molecular weight excluding hydrogens is 244 g/mol. The zero-order chi connectivity index (χ0) is 13.9. The van der Waals surface area contributed by atoms with Crippen LogP contribution in [0.2, 0.25) is 0 Å². The van der Waals surface area contributed by atoms with E-state index in [4.69, 9.17) is 0 Å². The van der Waals surface area contributed by atoms with Crippen molar-refractivity contribution in [2.75, 3.05) is 11.4 Å². The first kappa shape index (κ1) is 13.9. The summed E-state index contributed by atoms with van der Waals surface area (Å²) in [6.45, 7) is 5.66. The fraction of sp³-hybridized carbons (Fsp3) is 0.667. The van der Waals surface area contributed by atoms with Gasteiger partial charge in [0.05, 0.1) is 0 Å². The summed E-state index contributed by atoms with van der Waals surface area (Å²) in [5.74, 6) is 0. The zero-order valence-corrected chi connectivity index (χ0v) is 12.9. The van der Waals surface area contributed by atoms with Crippen molar-refractivity contribution in [2.24, 2.45) is 0 Å². The molecule has 2 aliphatic heterocycles. The molecule has 1 aromatic rings. The van der Waals surface area contributed by atoms with Crippen LogP contribution in [-0.2, 0) is 6.42 Å². The average Bonchev–Trinajstić information content (AvgIpc) is 2.76. The minimum absolute atomic E-state index is 0.749. The summed E-state index contributed by atoms with van der Waals surface area (Å²) in [5, 5.41) is 3.74. The van der Waals surface area contributed by atoms with Crippen molar-refractivity contribution in [3.63, 3.8) is 0 Å². The lowest BCUT2D eigenvalue weighted by atomic mass is 9.96. The molecule has 2 atom stereocenters. The molecule has 2 heteroatoms. The monoisotopic (exact) mass is 272 g/mol. The summed E-state index contributed by atoms with van der Waals surface area (Å²) < 4.78 is 0. The van der Waals surface area contributed by atoms with Crippen LogP contribution in [0.3, 0.4) is 0 Å². The topological polar surface area (TPSA) is 15.3 Å². The molecule has 2 unspecified atom stereocenters. The molecule has 2 saturated heterocycles. The van der Waals surface area contributed by atoms with Crippen molar-refractivity contribution in [3.05, 3.63) is 29.8 Å². The maximum Gasteiger partial charge on any atom is 0.0371 e. The van der Waals surface area contributed by atoms with Gasteiger partial charge in [0.15, 0.2) is 0 Å². The van der Waals surface area contributed by atoms with E-state index in [-0.39, 0.29) is 0 Å². The van der Waals surface area contributed by atoms with Crippen molar-refractivity contribution < 1.29 is 0 Å². The Morgan fingerprint density at radius 1 is 1.05 bits per heavy atom. The van der Waals surface area contributed by atoms with Gasteiger partial charge < -0.3 is 10.2 Å². The highest BCUT2D eigenvalue weighted by atomic mass is 15.2. The summed E-state index contributed by atoms with van der Waals surface area (Å²) in [5.41, 5.74) is 2.89. The van der Waals surface area contributed by atoms with Gasteiger partial charge in [-0.25, -0.2) is 0 Å². The molecule has 0 aliphatic carbocycles. The normalized spacial score (nSPS) is 28.9. The fourth-order valence-electron chi connectivity index (χ4n) is 4.02. The zero-order valence-electron chi connectivity index (χ0n) is 12.9. The lowest BCUT2D eigenvalue weighted by Crippen LogP contribution is -2.49. The number of aryl methyl sites for hydroxylation is 1. The van der Waals surface area contributed by atoms with E-state index in [0.29, 0.717) is 0 Å². The second-order valence-electron chi connectivity index (χ2n) is 6.43. The molecule has 0 spiro atoms. The quantitative estimate of drug-likeness (QED) is 0.878. The Morgan fingerprint density at radius 2 is 1.70 bits per heavy atom. The first-order valence-electron chi connectivity index (χ1n) is 8.42. The van der Waals surface area contributed by atoms with Crippen LogP contribution in [0.1, 0.15) is 51.5 Å². The molecule has 0 radical (unpaired) electrons. The maximum atomic E-state index is 3.74. The van der Waals surface area contributed by atoms with E-state index in [0.717, 1.165) is 24.5 Å². The molecule has 1 aromatic carbocycles. The number of nitrogens with one attached hydrogen (secondary N) is 1. The van der Waals surface area contributed by atoms with Gasteiger partial charge in [-0.15, -0.1) is 0 Å². The van der Waals surface area contributed by atoms with Gasteiger partial charge in [-0.05, 0) is 62.8 Å². The Balaban J connectivity index is 1.69. The van der Waals surface area contributed by atoms with E-state index in [9.17, 15) is 0 Å². The Kier molecular flexibility index (Phi) is 4.30. The molecule has 2 bridgehead atoms. The van der Waals surface area contributed by atoms with E-state index >= 15 is 0 Å². The largest absolute Gasteiger partial charge is 0.365 e. The van der Waals surface area contributed by atoms with Crippen molar-refractivity contribution in [1.29, 1.82) is 0 Å². The summed E-state index contributed by atoms with van der Waals surface area (Å²) in [4.78, 5) is 2.71.